The van der Waals surface area contributed by atoms with E-state index in [0.29, 0.717) is 24.0 Å². The first-order valence-corrected chi connectivity index (χ1v) is 7.31. The lowest BCUT2D eigenvalue weighted by atomic mass is 9.78. The van der Waals surface area contributed by atoms with E-state index >= 15 is 0 Å². The minimum absolute atomic E-state index is 0.361. The Morgan fingerprint density at radius 3 is 2.55 bits per heavy atom. The van der Waals surface area contributed by atoms with Gasteiger partial charge in [0.05, 0.1) is 0 Å². The largest absolute Gasteiger partial charge is 0.480 e. The predicted molar refractivity (Wildman–Crippen MR) is 84.1 cm³/mol. The summed E-state index contributed by atoms with van der Waals surface area (Å²) >= 11 is 0. The molecule has 0 radical (unpaired) electrons. The number of benzene rings is 2. The van der Waals surface area contributed by atoms with Crippen LogP contribution in [0.3, 0.4) is 0 Å². The van der Waals surface area contributed by atoms with Crippen molar-refractivity contribution in [2.24, 2.45) is 0 Å². The summed E-state index contributed by atoms with van der Waals surface area (Å²) in [6.45, 7) is 1.64. The van der Waals surface area contributed by atoms with Gasteiger partial charge in [0.15, 0.2) is 0 Å². The lowest BCUT2D eigenvalue weighted by molar-refractivity contribution is -0.141. The molecular formula is C19H17FO2. The zero-order valence-corrected chi connectivity index (χ0v) is 12.3. The van der Waals surface area contributed by atoms with Crippen molar-refractivity contribution in [1.82, 2.24) is 0 Å². The first-order valence-electron chi connectivity index (χ1n) is 7.31. The minimum Gasteiger partial charge on any atom is -0.480 e. The van der Waals surface area contributed by atoms with Gasteiger partial charge in [-0.15, -0.1) is 0 Å². The minimum atomic E-state index is -1.14. The Bertz CT molecular complexity index is 749. The molecular weight excluding hydrogens is 279 g/mol. The van der Waals surface area contributed by atoms with Crippen LogP contribution in [0.15, 0.2) is 54.6 Å². The van der Waals surface area contributed by atoms with Crippen molar-refractivity contribution in [2.45, 2.75) is 25.2 Å². The average Bonchev–Trinajstić information content (AvgIpc) is 2.97. The molecule has 2 aromatic carbocycles. The van der Waals surface area contributed by atoms with Crippen molar-refractivity contribution in [3.8, 4) is 0 Å². The van der Waals surface area contributed by atoms with Gasteiger partial charge in [-0.05, 0) is 48.1 Å². The molecule has 0 bridgehead atoms. The molecule has 3 rings (SSSR count). The van der Waals surface area contributed by atoms with Crippen LogP contribution < -0.4 is 0 Å². The molecule has 0 aromatic heterocycles. The summed E-state index contributed by atoms with van der Waals surface area (Å²) in [7, 11) is 0. The Balaban J connectivity index is 2.14. The molecule has 0 aliphatic heterocycles. The summed E-state index contributed by atoms with van der Waals surface area (Å²) in [4.78, 5) is 12.0. The summed E-state index contributed by atoms with van der Waals surface area (Å²) in [5.41, 5.74) is 1.85. The van der Waals surface area contributed by atoms with E-state index in [1.165, 1.54) is 6.07 Å². The van der Waals surface area contributed by atoms with Crippen LogP contribution in [0.4, 0.5) is 4.39 Å². The van der Waals surface area contributed by atoms with E-state index in [1.807, 2.05) is 30.3 Å². The van der Waals surface area contributed by atoms with Crippen LogP contribution in [0.2, 0.25) is 0 Å². The molecule has 3 heteroatoms. The van der Waals surface area contributed by atoms with Crippen molar-refractivity contribution >= 4 is 11.5 Å². The third kappa shape index (κ3) is 2.23. The van der Waals surface area contributed by atoms with Gasteiger partial charge in [-0.2, -0.15) is 0 Å². The molecule has 0 heterocycles. The maximum atomic E-state index is 13.9. The Hall–Kier alpha value is -2.42. The van der Waals surface area contributed by atoms with Crippen LogP contribution in [0.5, 0.6) is 0 Å². The second-order valence-corrected chi connectivity index (χ2v) is 5.72. The summed E-state index contributed by atoms with van der Waals surface area (Å²) < 4.78 is 13.9. The fraction of sp³-hybridized carbons (Fsp3) is 0.211. The SMILES string of the molecule is Cc1c(F)cccc1[C@]1(C(=O)O)C=C(c2ccccc2)CC1. The summed E-state index contributed by atoms with van der Waals surface area (Å²) in [5, 5.41) is 9.83. The Kier molecular flexibility index (Phi) is 3.57. The van der Waals surface area contributed by atoms with Gasteiger partial charge in [0.1, 0.15) is 11.2 Å². The number of hydrogen-bond donors (Lipinski definition) is 1. The molecule has 0 saturated heterocycles. The molecule has 112 valence electrons. The molecule has 22 heavy (non-hydrogen) atoms. The molecule has 0 fully saturated rings. The molecule has 1 aliphatic carbocycles. The lowest BCUT2D eigenvalue weighted by Crippen LogP contribution is -2.32. The molecule has 1 atom stereocenters. The second-order valence-electron chi connectivity index (χ2n) is 5.72. The number of rotatable bonds is 3. The summed E-state index contributed by atoms with van der Waals surface area (Å²) in [5.74, 6) is -1.29. The lowest BCUT2D eigenvalue weighted by Gasteiger charge is -2.24. The molecule has 0 unspecified atom stereocenters. The molecule has 0 spiro atoms. The fourth-order valence-corrected chi connectivity index (χ4v) is 3.24. The van der Waals surface area contributed by atoms with E-state index < -0.39 is 11.4 Å². The second kappa shape index (κ2) is 5.41. The van der Waals surface area contributed by atoms with Crippen LogP contribution in [-0.2, 0) is 10.2 Å². The maximum absolute atomic E-state index is 13.9. The van der Waals surface area contributed by atoms with Crippen molar-refractivity contribution in [3.63, 3.8) is 0 Å². The number of allylic oxidation sites excluding steroid dienone is 1. The smallest absolute Gasteiger partial charge is 0.318 e. The molecule has 2 aromatic rings. The Morgan fingerprint density at radius 2 is 1.86 bits per heavy atom. The highest BCUT2D eigenvalue weighted by atomic mass is 19.1. The monoisotopic (exact) mass is 296 g/mol. The van der Waals surface area contributed by atoms with E-state index in [9.17, 15) is 14.3 Å². The third-order valence-electron chi connectivity index (χ3n) is 4.48. The third-order valence-corrected chi connectivity index (χ3v) is 4.48. The average molecular weight is 296 g/mol. The summed E-state index contributed by atoms with van der Waals surface area (Å²) in [6, 6.07) is 14.4. The quantitative estimate of drug-likeness (QED) is 0.915. The first-order chi connectivity index (χ1) is 10.5. The number of halogens is 1. The predicted octanol–water partition coefficient (Wildman–Crippen LogP) is 4.33. The van der Waals surface area contributed by atoms with Gasteiger partial charge < -0.3 is 5.11 Å². The van der Waals surface area contributed by atoms with Crippen molar-refractivity contribution < 1.29 is 14.3 Å². The van der Waals surface area contributed by atoms with Crippen LogP contribution in [-0.4, -0.2) is 11.1 Å². The Labute approximate surface area is 128 Å². The van der Waals surface area contributed by atoms with Crippen molar-refractivity contribution in [3.05, 3.63) is 77.1 Å². The fourth-order valence-electron chi connectivity index (χ4n) is 3.24. The number of carbonyl (C=O) groups is 1. The van der Waals surface area contributed by atoms with Gasteiger partial charge in [-0.25, -0.2) is 4.39 Å². The van der Waals surface area contributed by atoms with Gasteiger partial charge in [0.2, 0.25) is 0 Å². The zero-order chi connectivity index (χ0) is 15.7. The highest BCUT2D eigenvalue weighted by Gasteiger charge is 2.43. The standard InChI is InChI=1S/C19H17FO2/c1-13-16(8-5-9-17(13)20)19(18(21)22)11-10-15(12-19)14-6-3-2-4-7-14/h2-9,12H,10-11H2,1H3,(H,21,22)/t19-/m1/s1. The van der Waals surface area contributed by atoms with E-state index in [-0.39, 0.29) is 5.82 Å². The van der Waals surface area contributed by atoms with Gasteiger partial charge in [-0.3, -0.25) is 4.79 Å². The normalized spacial score (nSPS) is 20.7. The zero-order valence-electron chi connectivity index (χ0n) is 12.3. The molecule has 0 amide bonds. The van der Waals surface area contributed by atoms with E-state index in [1.54, 1.807) is 25.1 Å². The van der Waals surface area contributed by atoms with E-state index in [2.05, 4.69) is 0 Å². The molecule has 2 nitrogen and oxygen atoms in total. The highest BCUT2D eigenvalue weighted by Crippen LogP contribution is 2.44. The molecule has 1 N–H and O–H groups in total. The Morgan fingerprint density at radius 1 is 1.14 bits per heavy atom. The van der Waals surface area contributed by atoms with Crippen LogP contribution >= 0.6 is 0 Å². The highest BCUT2D eigenvalue weighted by molar-refractivity contribution is 5.90. The van der Waals surface area contributed by atoms with Gasteiger partial charge in [0, 0.05) is 0 Å². The number of hydrogen-bond acceptors (Lipinski definition) is 1. The number of carboxylic acids is 1. The van der Waals surface area contributed by atoms with Gasteiger partial charge in [0.25, 0.3) is 0 Å². The van der Waals surface area contributed by atoms with Crippen molar-refractivity contribution in [2.75, 3.05) is 0 Å². The number of carboxylic acid groups (broad SMARTS) is 1. The van der Waals surface area contributed by atoms with Gasteiger partial charge in [-0.1, -0.05) is 48.5 Å². The van der Waals surface area contributed by atoms with E-state index in [4.69, 9.17) is 0 Å². The first kappa shape index (κ1) is 14.5. The van der Waals surface area contributed by atoms with Crippen molar-refractivity contribution in [1.29, 1.82) is 0 Å². The van der Waals surface area contributed by atoms with Crippen LogP contribution in [0.25, 0.3) is 5.57 Å². The number of aliphatic carboxylic acids is 1. The van der Waals surface area contributed by atoms with Gasteiger partial charge >= 0.3 is 5.97 Å². The molecule has 1 aliphatic rings. The van der Waals surface area contributed by atoms with Crippen LogP contribution in [0.1, 0.15) is 29.5 Å². The molecule has 0 saturated carbocycles. The summed E-state index contributed by atoms with van der Waals surface area (Å²) in [6.07, 6.45) is 2.93. The van der Waals surface area contributed by atoms with Crippen LogP contribution in [0, 0.1) is 12.7 Å². The topological polar surface area (TPSA) is 37.3 Å². The maximum Gasteiger partial charge on any atom is 0.318 e. The van der Waals surface area contributed by atoms with E-state index in [0.717, 1.165) is 11.1 Å².